The van der Waals surface area contributed by atoms with Crippen molar-refractivity contribution in [1.82, 2.24) is 10.6 Å². The topological polar surface area (TPSA) is 155 Å². The van der Waals surface area contributed by atoms with Crippen molar-refractivity contribution >= 4 is 29.7 Å². The van der Waals surface area contributed by atoms with Crippen molar-refractivity contribution in [3.8, 4) is 0 Å². The van der Waals surface area contributed by atoms with Crippen LogP contribution in [0.3, 0.4) is 0 Å². The summed E-state index contributed by atoms with van der Waals surface area (Å²) >= 11 is 4.55. The van der Waals surface area contributed by atoms with E-state index in [0.29, 0.717) is 12.8 Å². The third-order valence-electron chi connectivity index (χ3n) is 3.71. The van der Waals surface area contributed by atoms with Crippen molar-refractivity contribution in [2.24, 2.45) is 15.1 Å². The molecule has 0 spiro atoms. The summed E-state index contributed by atoms with van der Waals surface area (Å²) in [5, 5.41) is 10.1. The molecule has 2 amide bonds. The minimum absolute atomic E-state index is 0.132. The lowest BCUT2D eigenvalue weighted by molar-refractivity contribution is -0.121. The predicted molar refractivity (Wildman–Crippen MR) is 107 cm³/mol. The summed E-state index contributed by atoms with van der Waals surface area (Å²) in [6.07, 6.45) is -0.250. The second kappa shape index (κ2) is 11.8. The van der Waals surface area contributed by atoms with Gasteiger partial charge in [0.05, 0.1) is 18.3 Å². The molecular weight excluding hydrogens is 416 g/mol. The molecular formula is C18H25ClN6O5. The van der Waals surface area contributed by atoms with Gasteiger partial charge in [-0.1, -0.05) is 35.0 Å². The van der Waals surface area contributed by atoms with Crippen molar-refractivity contribution in [2.75, 3.05) is 6.54 Å². The molecule has 0 saturated heterocycles. The quantitative estimate of drug-likeness (QED) is 0.430. The number of ether oxygens (including phenoxy) is 2. The van der Waals surface area contributed by atoms with Crippen molar-refractivity contribution in [3.63, 3.8) is 0 Å². The monoisotopic (exact) mass is 440 g/mol. The van der Waals surface area contributed by atoms with Gasteiger partial charge in [0.2, 0.25) is 0 Å². The molecule has 0 aliphatic heterocycles. The summed E-state index contributed by atoms with van der Waals surface area (Å²) in [6, 6.07) is 9.26. The fourth-order valence-corrected chi connectivity index (χ4v) is 2.24. The zero-order valence-corrected chi connectivity index (χ0v) is 17.7. The Labute approximate surface area is 179 Å². The minimum atomic E-state index is -0.942. The number of amides is 2. The Morgan fingerprint density at radius 2 is 1.80 bits per heavy atom. The highest BCUT2D eigenvalue weighted by atomic mass is 35.5. The van der Waals surface area contributed by atoms with Crippen molar-refractivity contribution in [1.29, 1.82) is 5.53 Å². The van der Waals surface area contributed by atoms with E-state index in [1.54, 1.807) is 20.8 Å². The molecule has 1 aliphatic carbocycles. The highest BCUT2D eigenvalue weighted by Crippen LogP contribution is 2.36. The van der Waals surface area contributed by atoms with E-state index >= 15 is 0 Å². The van der Waals surface area contributed by atoms with Gasteiger partial charge in [-0.3, -0.25) is 4.79 Å². The third kappa shape index (κ3) is 9.92. The van der Waals surface area contributed by atoms with Crippen LogP contribution in [0.4, 0.5) is 9.59 Å². The molecule has 0 heterocycles. The predicted octanol–water partition coefficient (Wildman–Crippen LogP) is 4.08. The molecule has 11 nitrogen and oxygen atoms in total. The molecule has 0 radical (unpaired) electrons. The van der Waals surface area contributed by atoms with Gasteiger partial charge in [-0.05, 0) is 49.6 Å². The molecule has 0 unspecified atom stereocenters. The Balaban J connectivity index is 0.000000804. The van der Waals surface area contributed by atoms with Gasteiger partial charge in [-0.2, -0.15) is 5.53 Å². The van der Waals surface area contributed by atoms with Crippen LogP contribution in [0.2, 0.25) is 0 Å². The van der Waals surface area contributed by atoms with Crippen LogP contribution in [0.25, 0.3) is 0 Å². The molecule has 0 bridgehead atoms. The van der Waals surface area contributed by atoms with Crippen molar-refractivity contribution < 1.29 is 23.9 Å². The van der Waals surface area contributed by atoms with Crippen LogP contribution in [-0.2, 0) is 20.9 Å². The number of ketones is 1. The van der Waals surface area contributed by atoms with Crippen LogP contribution in [-0.4, -0.2) is 35.7 Å². The molecule has 1 saturated carbocycles. The van der Waals surface area contributed by atoms with E-state index in [0.717, 1.165) is 5.56 Å². The van der Waals surface area contributed by atoms with E-state index in [9.17, 15) is 14.4 Å². The first-order valence-electron chi connectivity index (χ1n) is 8.98. The molecule has 30 heavy (non-hydrogen) atoms. The lowest BCUT2D eigenvalue weighted by Gasteiger charge is -2.20. The van der Waals surface area contributed by atoms with Gasteiger partial charge in [-0.25, -0.2) is 9.59 Å². The molecule has 0 atom stereocenters. The van der Waals surface area contributed by atoms with E-state index in [2.05, 4.69) is 37.5 Å². The lowest BCUT2D eigenvalue weighted by atomic mass is 10.1. The van der Waals surface area contributed by atoms with Crippen molar-refractivity contribution in [3.05, 3.63) is 35.9 Å². The van der Waals surface area contributed by atoms with Gasteiger partial charge in [0, 0.05) is 0 Å². The molecule has 1 fully saturated rings. The number of carbonyl (C=O) groups is 3. The van der Waals surface area contributed by atoms with E-state index in [4.69, 9.17) is 15.0 Å². The van der Waals surface area contributed by atoms with E-state index in [1.807, 2.05) is 30.3 Å². The Kier molecular flexibility index (Phi) is 9.82. The maximum Gasteiger partial charge on any atom is 0.408 e. The number of carbonyl (C=O) groups excluding carboxylic acids is 3. The molecule has 2 rings (SSSR count). The summed E-state index contributed by atoms with van der Waals surface area (Å²) in [4.78, 5) is 35.8. The third-order valence-corrected chi connectivity index (χ3v) is 3.78. The normalized spacial score (nSPS) is 14.0. The highest BCUT2D eigenvalue weighted by molar-refractivity contribution is 6.13. The van der Waals surface area contributed by atoms with Crippen LogP contribution >= 0.6 is 11.8 Å². The second-order valence-electron chi connectivity index (χ2n) is 7.31. The van der Waals surface area contributed by atoms with E-state index in [1.165, 1.54) is 0 Å². The first-order valence-corrected chi connectivity index (χ1v) is 9.32. The number of Topliss-reactive ketones (excluding diaryl/α,β-unsaturated/α-hetero) is 1. The molecule has 1 aromatic carbocycles. The number of nitrogens with one attached hydrogen (secondary N) is 3. The average molecular weight is 441 g/mol. The SMILES string of the molecule is CC(C)(C)OC(=O)NCC(=O)C1(NC(=O)OCc2ccccc2)CC1.N=NN=NCl. The molecule has 0 aromatic heterocycles. The Bertz CT molecular complexity index is 762. The van der Waals surface area contributed by atoms with Crippen LogP contribution < -0.4 is 10.6 Å². The zero-order valence-electron chi connectivity index (χ0n) is 17.0. The van der Waals surface area contributed by atoms with Gasteiger partial charge in [-0.15, -0.1) is 0 Å². The number of alkyl carbamates (subject to hydrolysis) is 2. The number of benzene rings is 1. The standard InChI is InChI=1S/C18H24N2O5.ClHN4/c1-17(2,3)25-15(22)19-11-14(21)18(9-10-18)20-16(23)24-12-13-7-5-4-6-8-13;1-3-5-4-2/h4-8H,9-12H2,1-3H3,(H,19,22)(H,20,23);2H. The summed E-state index contributed by atoms with van der Waals surface area (Å²) in [6.45, 7) is 5.14. The Morgan fingerprint density at radius 3 is 2.27 bits per heavy atom. The fourth-order valence-electron chi connectivity index (χ4n) is 2.21. The van der Waals surface area contributed by atoms with Crippen LogP contribution in [0.5, 0.6) is 0 Å². The van der Waals surface area contributed by atoms with Crippen LogP contribution in [0.1, 0.15) is 39.2 Å². The molecule has 164 valence electrons. The zero-order chi connectivity index (χ0) is 22.6. The van der Waals surface area contributed by atoms with Gasteiger partial charge < -0.3 is 20.1 Å². The van der Waals surface area contributed by atoms with E-state index in [-0.39, 0.29) is 18.9 Å². The Hall–Kier alpha value is -3.08. The molecule has 1 aromatic rings. The minimum Gasteiger partial charge on any atom is -0.445 e. The molecule has 1 aliphatic rings. The maximum atomic E-state index is 12.3. The van der Waals surface area contributed by atoms with E-state index < -0.39 is 23.3 Å². The first-order chi connectivity index (χ1) is 14.1. The fraction of sp³-hybridized carbons (Fsp3) is 0.500. The average Bonchev–Trinajstić information content (AvgIpc) is 3.46. The molecule has 12 heteroatoms. The Morgan fingerprint density at radius 1 is 1.17 bits per heavy atom. The number of nitrogens with zero attached hydrogens (tertiary/aromatic N) is 3. The number of hydrogen-bond donors (Lipinski definition) is 3. The number of hydrogen-bond acceptors (Lipinski definition) is 7. The smallest absolute Gasteiger partial charge is 0.408 e. The lowest BCUT2D eigenvalue weighted by Crippen LogP contribution is -2.48. The summed E-state index contributed by atoms with van der Waals surface area (Å²) in [7, 11) is 0. The van der Waals surface area contributed by atoms with Crippen LogP contribution in [0, 0.1) is 5.53 Å². The second-order valence-corrected chi connectivity index (χ2v) is 7.46. The van der Waals surface area contributed by atoms with Gasteiger partial charge in [0.1, 0.15) is 17.7 Å². The largest absolute Gasteiger partial charge is 0.445 e. The summed E-state index contributed by atoms with van der Waals surface area (Å²) < 4.78 is 12.8. The van der Waals surface area contributed by atoms with Gasteiger partial charge in [0.25, 0.3) is 0 Å². The van der Waals surface area contributed by atoms with Crippen LogP contribution in [0.15, 0.2) is 45.4 Å². The summed E-state index contributed by atoms with van der Waals surface area (Å²) in [5.41, 5.74) is 5.17. The van der Waals surface area contributed by atoms with Gasteiger partial charge in [0.15, 0.2) is 5.78 Å². The first kappa shape index (κ1) is 25.0. The molecule has 3 N–H and O–H groups in total. The highest BCUT2D eigenvalue weighted by Gasteiger charge is 2.51. The number of halogens is 1. The van der Waals surface area contributed by atoms with Crippen molar-refractivity contribution in [2.45, 2.75) is 51.4 Å². The number of rotatable bonds is 7. The maximum absolute atomic E-state index is 12.3. The summed E-state index contributed by atoms with van der Waals surface area (Å²) in [5.74, 6) is -0.268. The van der Waals surface area contributed by atoms with Gasteiger partial charge >= 0.3 is 12.2 Å².